The standard InChI is InChI=1S/C12H28P/c1-5-9-11-13(7-3,8-4)12-10-6-2/h5-12H2,1-4H3/q+1. The summed E-state index contributed by atoms with van der Waals surface area (Å²) in [6.45, 7) is 9.48. The number of hydrogen-bond acceptors (Lipinski definition) is 0. The lowest BCUT2D eigenvalue weighted by atomic mass is 10.4. The highest BCUT2D eigenvalue weighted by atomic mass is 31.2. The van der Waals surface area contributed by atoms with Crippen LogP contribution in [0.4, 0.5) is 0 Å². The Morgan fingerprint density at radius 2 is 1.08 bits per heavy atom. The van der Waals surface area contributed by atoms with Crippen molar-refractivity contribution < 1.29 is 0 Å². The smallest absolute Gasteiger partial charge is 0.0594 e. The van der Waals surface area contributed by atoms with Crippen LogP contribution >= 0.6 is 7.26 Å². The van der Waals surface area contributed by atoms with Gasteiger partial charge in [-0.2, -0.15) is 0 Å². The molecule has 0 amide bonds. The van der Waals surface area contributed by atoms with Crippen molar-refractivity contribution >= 4 is 7.26 Å². The first-order valence-electron chi connectivity index (χ1n) is 6.09. The van der Waals surface area contributed by atoms with Gasteiger partial charge in [-0.1, -0.05) is 26.7 Å². The number of unbranched alkanes of at least 4 members (excludes halogenated alkanes) is 2. The first kappa shape index (κ1) is 13.4. The zero-order valence-electron chi connectivity index (χ0n) is 10.1. The minimum atomic E-state index is -0.491. The van der Waals surface area contributed by atoms with Gasteiger partial charge in [-0.05, 0) is 26.7 Å². The van der Waals surface area contributed by atoms with Gasteiger partial charge in [-0.25, -0.2) is 0 Å². The first-order valence-corrected chi connectivity index (χ1v) is 8.62. The van der Waals surface area contributed by atoms with Crippen molar-refractivity contribution in [1.29, 1.82) is 0 Å². The van der Waals surface area contributed by atoms with Crippen molar-refractivity contribution in [1.82, 2.24) is 0 Å². The van der Waals surface area contributed by atoms with Crippen LogP contribution in [0.15, 0.2) is 0 Å². The predicted octanol–water partition coefficient (Wildman–Crippen LogP) is 4.64. The molecule has 0 aliphatic heterocycles. The van der Waals surface area contributed by atoms with E-state index in [-0.39, 0.29) is 0 Å². The van der Waals surface area contributed by atoms with Gasteiger partial charge in [0.1, 0.15) is 0 Å². The highest BCUT2D eigenvalue weighted by molar-refractivity contribution is 7.75. The second-order valence-corrected chi connectivity index (χ2v) is 8.97. The van der Waals surface area contributed by atoms with Crippen molar-refractivity contribution in [2.75, 3.05) is 24.6 Å². The third-order valence-corrected chi connectivity index (χ3v) is 8.53. The monoisotopic (exact) mass is 203 g/mol. The third kappa shape index (κ3) is 5.01. The van der Waals surface area contributed by atoms with Gasteiger partial charge in [0.15, 0.2) is 0 Å². The summed E-state index contributed by atoms with van der Waals surface area (Å²) in [5.41, 5.74) is 0. The Morgan fingerprint density at radius 3 is 1.31 bits per heavy atom. The Kier molecular flexibility index (Phi) is 8.06. The highest BCUT2D eigenvalue weighted by Crippen LogP contribution is 2.59. The summed E-state index contributed by atoms with van der Waals surface area (Å²) in [5, 5.41) is 0. The van der Waals surface area contributed by atoms with E-state index in [1.807, 2.05) is 0 Å². The van der Waals surface area contributed by atoms with Crippen molar-refractivity contribution in [3.05, 3.63) is 0 Å². The third-order valence-electron chi connectivity index (χ3n) is 3.31. The zero-order chi connectivity index (χ0) is 10.2. The van der Waals surface area contributed by atoms with Gasteiger partial charge in [0.05, 0.1) is 24.6 Å². The first-order chi connectivity index (χ1) is 6.24. The highest BCUT2D eigenvalue weighted by Gasteiger charge is 2.31. The van der Waals surface area contributed by atoms with E-state index in [1.165, 1.54) is 38.0 Å². The molecule has 0 saturated heterocycles. The molecule has 0 heterocycles. The second-order valence-electron chi connectivity index (χ2n) is 4.13. The van der Waals surface area contributed by atoms with Gasteiger partial charge >= 0.3 is 0 Å². The molecule has 0 fully saturated rings. The van der Waals surface area contributed by atoms with Crippen LogP contribution in [0.1, 0.15) is 53.4 Å². The van der Waals surface area contributed by atoms with Crippen molar-refractivity contribution in [2.45, 2.75) is 53.4 Å². The number of hydrogen-bond donors (Lipinski definition) is 0. The Hall–Kier alpha value is 0.430. The van der Waals surface area contributed by atoms with E-state index in [1.54, 1.807) is 12.3 Å². The van der Waals surface area contributed by atoms with Crippen molar-refractivity contribution in [2.24, 2.45) is 0 Å². The van der Waals surface area contributed by atoms with Crippen LogP contribution in [0.2, 0.25) is 0 Å². The van der Waals surface area contributed by atoms with E-state index in [0.29, 0.717) is 0 Å². The number of rotatable bonds is 8. The molecule has 0 radical (unpaired) electrons. The summed E-state index contributed by atoms with van der Waals surface area (Å²) >= 11 is 0. The molecule has 0 unspecified atom stereocenters. The quantitative estimate of drug-likeness (QED) is 0.504. The maximum Gasteiger partial charge on any atom is 0.0594 e. The summed E-state index contributed by atoms with van der Waals surface area (Å²) in [7, 11) is -0.491. The van der Waals surface area contributed by atoms with Gasteiger partial charge in [0.25, 0.3) is 0 Å². The molecule has 0 aromatic carbocycles. The fourth-order valence-corrected chi connectivity index (χ4v) is 5.86. The van der Waals surface area contributed by atoms with Crippen LogP contribution in [-0.2, 0) is 0 Å². The lowest BCUT2D eigenvalue weighted by Gasteiger charge is -2.24. The van der Waals surface area contributed by atoms with E-state index >= 15 is 0 Å². The summed E-state index contributed by atoms with van der Waals surface area (Å²) in [5.74, 6) is 0. The Morgan fingerprint density at radius 1 is 0.692 bits per heavy atom. The lowest BCUT2D eigenvalue weighted by molar-refractivity contribution is 0.856. The topological polar surface area (TPSA) is 0 Å². The minimum Gasteiger partial charge on any atom is -0.0652 e. The SMILES string of the molecule is CCCC[P+](CC)(CC)CCCC. The molecule has 0 rings (SSSR count). The molecule has 0 N–H and O–H groups in total. The molecule has 0 aliphatic carbocycles. The molecule has 0 aromatic heterocycles. The molecule has 1 heteroatoms. The molecule has 0 bridgehead atoms. The Labute approximate surface area is 85.8 Å². The van der Waals surface area contributed by atoms with Gasteiger partial charge in [0.2, 0.25) is 0 Å². The molecule has 0 aromatic rings. The van der Waals surface area contributed by atoms with Gasteiger partial charge in [-0.15, -0.1) is 0 Å². The average molecular weight is 203 g/mol. The maximum absolute atomic E-state index is 2.42. The summed E-state index contributed by atoms with van der Waals surface area (Å²) in [6, 6.07) is 0. The normalized spacial score (nSPS) is 12.0. The van der Waals surface area contributed by atoms with E-state index in [4.69, 9.17) is 0 Å². The molecule has 0 spiro atoms. The fourth-order valence-electron chi connectivity index (χ4n) is 1.95. The lowest BCUT2D eigenvalue weighted by Crippen LogP contribution is -2.09. The van der Waals surface area contributed by atoms with Crippen LogP contribution in [-0.4, -0.2) is 24.6 Å². The van der Waals surface area contributed by atoms with Gasteiger partial charge in [-0.3, -0.25) is 0 Å². The van der Waals surface area contributed by atoms with Gasteiger partial charge in [0, 0.05) is 7.26 Å². The Bertz CT molecular complexity index is 95.7. The molecule has 0 aliphatic rings. The minimum absolute atomic E-state index is 0.491. The van der Waals surface area contributed by atoms with E-state index in [0.717, 1.165) is 0 Å². The molecule has 0 saturated carbocycles. The molecule has 80 valence electrons. The van der Waals surface area contributed by atoms with E-state index in [2.05, 4.69) is 27.7 Å². The molecular weight excluding hydrogens is 175 g/mol. The van der Waals surface area contributed by atoms with E-state index < -0.39 is 7.26 Å². The fraction of sp³-hybridized carbons (Fsp3) is 1.00. The van der Waals surface area contributed by atoms with E-state index in [9.17, 15) is 0 Å². The second kappa shape index (κ2) is 7.80. The summed E-state index contributed by atoms with van der Waals surface area (Å²) in [6.07, 6.45) is 11.8. The van der Waals surface area contributed by atoms with Crippen molar-refractivity contribution in [3.63, 3.8) is 0 Å². The van der Waals surface area contributed by atoms with Crippen LogP contribution in [0.25, 0.3) is 0 Å². The predicted molar refractivity (Wildman–Crippen MR) is 67.6 cm³/mol. The molecular formula is C12H28P+. The average Bonchev–Trinajstić information content (AvgIpc) is 2.20. The maximum atomic E-state index is 2.42. The van der Waals surface area contributed by atoms with Crippen molar-refractivity contribution in [3.8, 4) is 0 Å². The van der Waals surface area contributed by atoms with Crippen LogP contribution < -0.4 is 0 Å². The summed E-state index contributed by atoms with van der Waals surface area (Å²) in [4.78, 5) is 0. The van der Waals surface area contributed by atoms with Crippen LogP contribution in [0.5, 0.6) is 0 Å². The van der Waals surface area contributed by atoms with Crippen LogP contribution in [0.3, 0.4) is 0 Å². The van der Waals surface area contributed by atoms with Crippen LogP contribution in [0, 0.1) is 0 Å². The summed E-state index contributed by atoms with van der Waals surface area (Å²) < 4.78 is 0. The molecule has 0 atom stereocenters. The molecule has 13 heavy (non-hydrogen) atoms. The zero-order valence-corrected chi connectivity index (χ0v) is 11.0. The largest absolute Gasteiger partial charge is 0.0652 e. The molecule has 0 nitrogen and oxygen atoms in total. The van der Waals surface area contributed by atoms with Gasteiger partial charge < -0.3 is 0 Å². The Balaban J connectivity index is 3.97.